The normalized spacial score (nSPS) is 18.0. The molecular formula is C17H19N5OS. The zero-order valence-corrected chi connectivity index (χ0v) is 14.5. The van der Waals surface area contributed by atoms with Crippen LogP contribution in [0.25, 0.3) is 5.65 Å². The average Bonchev–Trinajstić information content (AvgIpc) is 3.31. The van der Waals surface area contributed by atoms with Gasteiger partial charge in [0.25, 0.3) is 5.91 Å². The quantitative estimate of drug-likeness (QED) is 0.733. The molecule has 1 amide bonds. The number of hydrogen-bond acceptors (Lipinski definition) is 5. The Balaban J connectivity index is 1.66. The highest BCUT2D eigenvalue weighted by Gasteiger charge is 2.34. The fraction of sp³-hybridized carbons (Fsp3) is 0.412. The Morgan fingerprint density at radius 1 is 1.33 bits per heavy atom. The number of aromatic nitrogens is 4. The monoisotopic (exact) mass is 341 g/mol. The molecule has 0 aromatic carbocycles. The summed E-state index contributed by atoms with van der Waals surface area (Å²) in [5.74, 6) is 1.16. The lowest BCUT2D eigenvalue weighted by atomic mass is 10.2. The molecule has 1 atom stereocenters. The van der Waals surface area contributed by atoms with Crippen LogP contribution in [0.5, 0.6) is 0 Å². The Hall–Kier alpha value is -2.28. The molecule has 4 heterocycles. The van der Waals surface area contributed by atoms with Gasteiger partial charge in [-0.3, -0.25) is 9.20 Å². The van der Waals surface area contributed by atoms with Crippen LogP contribution in [0.15, 0.2) is 29.8 Å². The summed E-state index contributed by atoms with van der Waals surface area (Å²) in [4.78, 5) is 19.3. The van der Waals surface area contributed by atoms with E-state index < -0.39 is 0 Å². The molecule has 124 valence electrons. The molecule has 0 bridgehead atoms. The molecule has 7 heteroatoms. The lowest BCUT2D eigenvalue weighted by molar-refractivity contribution is 0.0724. The van der Waals surface area contributed by atoms with E-state index in [1.807, 2.05) is 39.1 Å². The van der Waals surface area contributed by atoms with Crippen LogP contribution in [0.2, 0.25) is 0 Å². The van der Waals surface area contributed by atoms with Crippen LogP contribution < -0.4 is 0 Å². The van der Waals surface area contributed by atoms with Gasteiger partial charge in [-0.05, 0) is 25.0 Å². The molecule has 1 aliphatic heterocycles. The largest absolute Gasteiger partial charge is 0.327 e. The summed E-state index contributed by atoms with van der Waals surface area (Å²) in [5.41, 5.74) is 1.35. The highest BCUT2D eigenvalue weighted by atomic mass is 32.1. The van der Waals surface area contributed by atoms with Gasteiger partial charge in [0.2, 0.25) is 0 Å². The van der Waals surface area contributed by atoms with E-state index in [0.29, 0.717) is 11.6 Å². The second-order valence-corrected chi connectivity index (χ2v) is 7.26. The van der Waals surface area contributed by atoms with Crippen LogP contribution in [-0.4, -0.2) is 36.9 Å². The van der Waals surface area contributed by atoms with E-state index in [-0.39, 0.29) is 11.9 Å². The highest BCUT2D eigenvalue weighted by molar-refractivity contribution is 7.09. The van der Waals surface area contributed by atoms with Crippen LogP contribution in [0.4, 0.5) is 0 Å². The number of nitrogens with zero attached hydrogens (tertiary/aromatic N) is 5. The average molecular weight is 341 g/mol. The van der Waals surface area contributed by atoms with Crippen LogP contribution in [0.1, 0.15) is 60.0 Å². The molecular weight excluding hydrogens is 322 g/mol. The number of likely N-dealkylation sites (tertiary alicyclic amines) is 1. The highest BCUT2D eigenvalue weighted by Crippen LogP contribution is 2.32. The first kappa shape index (κ1) is 15.3. The first-order chi connectivity index (χ1) is 11.6. The molecule has 0 spiro atoms. The summed E-state index contributed by atoms with van der Waals surface area (Å²) in [6, 6.07) is 5.77. The summed E-state index contributed by atoms with van der Waals surface area (Å²) in [6.07, 6.45) is 3.83. The molecule has 1 saturated heterocycles. The van der Waals surface area contributed by atoms with Crippen molar-refractivity contribution in [3.05, 3.63) is 46.3 Å². The van der Waals surface area contributed by atoms with E-state index in [1.54, 1.807) is 11.3 Å². The minimum Gasteiger partial charge on any atom is -0.327 e. The fourth-order valence-corrected chi connectivity index (χ4v) is 3.97. The number of amides is 1. The van der Waals surface area contributed by atoms with Gasteiger partial charge in [-0.2, -0.15) is 0 Å². The Bertz CT molecular complexity index is 884. The maximum atomic E-state index is 12.9. The number of rotatable bonds is 3. The van der Waals surface area contributed by atoms with E-state index in [2.05, 4.69) is 29.0 Å². The molecule has 3 aromatic rings. The second-order valence-electron chi connectivity index (χ2n) is 6.37. The van der Waals surface area contributed by atoms with Crippen LogP contribution in [0, 0.1) is 0 Å². The third-order valence-electron chi connectivity index (χ3n) is 4.39. The van der Waals surface area contributed by atoms with Gasteiger partial charge in [-0.15, -0.1) is 21.5 Å². The third kappa shape index (κ3) is 2.49. The first-order valence-electron chi connectivity index (χ1n) is 8.21. The standard InChI is InChI=1S/C17H19N5OS/c1-11(2)16-18-12(10-24-16)17(23)21-9-5-6-13(21)15-20-19-14-7-3-4-8-22(14)15/h3-4,7-8,10-11,13H,5-6,9H2,1-2H3/t13-/m1/s1. The number of carbonyl (C=O) groups excluding carboxylic acids is 1. The minimum atomic E-state index is -0.0425. The zero-order chi connectivity index (χ0) is 16.7. The van der Waals surface area contributed by atoms with Crippen molar-refractivity contribution in [2.24, 2.45) is 0 Å². The molecule has 1 aliphatic rings. The van der Waals surface area contributed by atoms with Gasteiger partial charge in [-0.1, -0.05) is 19.9 Å². The van der Waals surface area contributed by atoms with Gasteiger partial charge in [0.15, 0.2) is 11.5 Å². The number of thiazole rings is 1. The summed E-state index contributed by atoms with van der Waals surface area (Å²) in [6.45, 7) is 4.92. The van der Waals surface area contributed by atoms with Gasteiger partial charge in [0.05, 0.1) is 11.0 Å². The van der Waals surface area contributed by atoms with Gasteiger partial charge in [0.1, 0.15) is 5.69 Å². The summed E-state index contributed by atoms with van der Waals surface area (Å²) in [5, 5.41) is 11.4. The summed E-state index contributed by atoms with van der Waals surface area (Å²) < 4.78 is 1.97. The Kier molecular flexibility index (Phi) is 3.80. The zero-order valence-electron chi connectivity index (χ0n) is 13.7. The van der Waals surface area contributed by atoms with Gasteiger partial charge in [0, 0.05) is 24.0 Å². The van der Waals surface area contributed by atoms with E-state index in [0.717, 1.165) is 35.9 Å². The number of hydrogen-bond donors (Lipinski definition) is 0. The summed E-state index contributed by atoms with van der Waals surface area (Å²) in [7, 11) is 0. The Labute approximate surface area is 144 Å². The maximum Gasteiger partial charge on any atom is 0.273 e. The van der Waals surface area contributed by atoms with Crippen molar-refractivity contribution >= 4 is 22.9 Å². The van der Waals surface area contributed by atoms with E-state index in [1.165, 1.54) is 0 Å². The molecule has 3 aromatic heterocycles. The maximum absolute atomic E-state index is 12.9. The molecule has 0 N–H and O–H groups in total. The van der Waals surface area contributed by atoms with E-state index in [9.17, 15) is 4.79 Å². The van der Waals surface area contributed by atoms with Crippen molar-refractivity contribution in [1.82, 2.24) is 24.5 Å². The Morgan fingerprint density at radius 3 is 3.00 bits per heavy atom. The predicted octanol–water partition coefficient (Wildman–Crippen LogP) is 3.29. The number of pyridine rings is 1. The molecule has 0 radical (unpaired) electrons. The van der Waals surface area contributed by atoms with Crippen molar-refractivity contribution in [1.29, 1.82) is 0 Å². The van der Waals surface area contributed by atoms with Gasteiger partial charge < -0.3 is 4.90 Å². The molecule has 4 rings (SSSR count). The fourth-order valence-electron chi connectivity index (χ4n) is 3.16. The number of carbonyl (C=O) groups is 1. The van der Waals surface area contributed by atoms with E-state index >= 15 is 0 Å². The van der Waals surface area contributed by atoms with Crippen molar-refractivity contribution in [3.63, 3.8) is 0 Å². The number of fused-ring (bicyclic) bond motifs is 1. The van der Waals surface area contributed by atoms with Crippen molar-refractivity contribution in [2.45, 2.75) is 38.6 Å². The van der Waals surface area contributed by atoms with Crippen LogP contribution in [0.3, 0.4) is 0 Å². The molecule has 6 nitrogen and oxygen atoms in total. The lowest BCUT2D eigenvalue weighted by Crippen LogP contribution is -2.31. The molecule has 0 saturated carbocycles. The van der Waals surface area contributed by atoms with Crippen molar-refractivity contribution in [3.8, 4) is 0 Å². The van der Waals surface area contributed by atoms with Crippen LogP contribution in [-0.2, 0) is 0 Å². The second kappa shape index (κ2) is 5.98. The molecule has 0 unspecified atom stereocenters. The SMILES string of the molecule is CC(C)c1nc(C(=O)N2CCC[C@@H]2c2nnc3ccccn23)cs1. The van der Waals surface area contributed by atoms with E-state index in [4.69, 9.17) is 0 Å². The third-order valence-corrected chi connectivity index (χ3v) is 5.53. The first-order valence-corrected chi connectivity index (χ1v) is 9.09. The van der Waals surface area contributed by atoms with Gasteiger partial charge >= 0.3 is 0 Å². The van der Waals surface area contributed by atoms with Gasteiger partial charge in [-0.25, -0.2) is 4.98 Å². The smallest absolute Gasteiger partial charge is 0.273 e. The minimum absolute atomic E-state index is 0.00617. The molecule has 0 aliphatic carbocycles. The lowest BCUT2D eigenvalue weighted by Gasteiger charge is -2.22. The molecule has 24 heavy (non-hydrogen) atoms. The van der Waals surface area contributed by atoms with Crippen molar-refractivity contribution in [2.75, 3.05) is 6.54 Å². The summed E-state index contributed by atoms with van der Waals surface area (Å²) >= 11 is 1.55. The van der Waals surface area contributed by atoms with Crippen molar-refractivity contribution < 1.29 is 4.79 Å². The predicted molar refractivity (Wildman–Crippen MR) is 92.2 cm³/mol. The molecule has 1 fully saturated rings. The van der Waals surface area contributed by atoms with Crippen LogP contribution >= 0.6 is 11.3 Å². The Morgan fingerprint density at radius 2 is 2.21 bits per heavy atom. The topological polar surface area (TPSA) is 63.4 Å².